The molecule has 0 radical (unpaired) electrons. The normalized spacial score (nSPS) is 10.1. The number of nitrogens with one attached hydrogen (secondary N) is 1. The molecule has 0 aliphatic rings. The molecule has 0 bridgehead atoms. The van der Waals surface area contributed by atoms with E-state index in [1.807, 2.05) is 0 Å². The van der Waals surface area contributed by atoms with Crippen LogP contribution < -0.4 is 10.1 Å². The van der Waals surface area contributed by atoms with Crippen LogP contribution in [-0.4, -0.2) is 43.7 Å². The van der Waals surface area contributed by atoms with Gasteiger partial charge in [-0.15, -0.1) is 0 Å². The van der Waals surface area contributed by atoms with E-state index in [9.17, 15) is 14.4 Å². The van der Waals surface area contributed by atoms with Crippen LogP contribution in [0.1, 0.15) is 13.8 Å². The molecular weight excluding hydrogens is 326 g/mol. The minimum absolute atomic E-state index is 0.0753. The molecule has 0 aromatic heterocycles. The monoisotopic (exact) mass is 343 g/mol. The van der Waals surface area contributed by atoms with Crippen LogP contribution in [0.15, 0.2) is 24.3 Å². The summed E-state index contributed by atoms with van der Waals surface area (Å²) in [6.07, 6.45) is 0. The Morgan fingerprint density at radius 1 is 1.04 bits per heavy atom. The van der Waals surface area contributed by atoms with E-state index in [4.69, 9.17) is 25.8 Å². The van der Waals surface area contributed by atoms with Gasteiger partial charge in [0.15, 0.2) is 6.61 Å². The third-order valence-corrected chi connectivity index (χ3v) is 2.79. The van der Waals surface area contributed by atoms with Crippen molar-refractivity contribution < 1.29 is 28.6 Å². The average Bonchev–Trinajstić information content (AvgIpc) is 2.52. The van der Waals surface area contributed by atoms with Gasteiger partial charge in [-0.05, 0) is 38.1 Å². The summed E-state index contributed by atoms with van der Waals surface area (Å²) >= 11 is 5.73. The Hall–Kier alpha value is -2.28. The fourth-order valence-corrected chi connectivity index (χ4v) is 1.67. The molecule has 0 unspecified atom stereocenters. The first-order chi connectivity index (χ1) is 11.0. The number of hydrogen-bond donors (Lipinski definition) is 1. The van der Waals surface area contributed by atoms with Gasteiger partial charge < -0.3 is 19.5 Å². The summed E-state index contributed by atoms with van der Waals surface area (Å²) in [6, 6.07) is 4.87. The van der Waals surface area contributed by atoms with E-state index in [0.29, 0.717) is 10.8 Å². The van der Waals surface area contributed by atoms with E-state index < -0.39 is 23.9 Å². The molecule has 23 heavy (non-hydrogen) atoms. The molecule has 0 heterocycles. The second kappa shape index (κ2) is 9.68. The van der Waals surface area contributed by atoms with Gasteiger partial charge in [-0.2, -0.15) is 0 Å². The van der Waals surface area contributed by atoms with Crippen molar-refractivity contribution in [2.75, 3.05) is 19.8 Å². The van der Waals surface area contributed by atoms with Gasteiger partial charge in [-0.3, -0.25) is 4.79 Å². The van der Waals surface area contributed by atoms with Crippen molar-refractivity contribution in [2.24, 2.45) is 0 Å². The number of esters is 2. The standard InChI is InChI=1S/C15H18ClNO6/c1-3-21-14(19)13(15(20)22-4-2)17-12(18)9-23-11-7-5-10(16)6-8-11/h5-8,13H,3-4,9H2,1-2H3,(H,17,18). The fourth-order valence-electron chi connectivity index (χ4n) is 1.55. The second-order valence-electron chi connectivity index (χ2n) is 4.25. The summed E-state index contributed by atoms with van der Waals surface area (Å²) in [5.41, 5.74) is 0. The van der Waals surface area contributed by atoms with E-state index >= 15 is 0 Å². The summed E-state index contributed by atoms with van der Waals surface area (Å²) < 4.78 is 14.7. The Morgan fingerprint density at radius 3 is 2.04 bits per heavy atom. The van der Waals surface area contributed by atoms with Crippen LogP contribution in [-0.2, 0) is 23.9 Å². The smallest absolute Gasteiger partial charge is 0.340 e. The minimum atomic E-state index is -1.52. The summed E-state index contributed by atoms with van der Waals surface area (Å²) in [7, 11) is 0. The molecule has 0 aliphatic carbocycles. The molecule has 0 atom stereocenters. The predicted molar refractivity (Wildman–Crippen MR) is 82.1 cm³/mol. The van der Waals surface area contributed by atoms with E-state index in [2.05, 4.69) is 5.32 Å². The lowest BCUT2D eigenvalue weighted by atomic mass is 10.3. The maximum atomic E-state index is 11.8. The Kier molecular flexibility index (Phi) is 7.90. The Labute approximate surface area is 138 Å². The lowest BCUT2D eigenvalue weighted by Crippen LogP contribution is -2.49. The van der Waals surface area contributed by atoms with Crippen molar-refractivity contribution in [3.63, 3.8) is 0 Å². The van der Waals surface area contributed by atoms with Gasteiger partial charge in [0.2, 0.25) is 6.04 Å². The SMILES string of the molecule is CCOC(=O)C(NC(=O)COc1ccc(Cl)cc1)C(=O)OCC. The molecule has 126 valence electrons. The number of halogens is 1. The van der Waals surface area contributed by atoms with Gasteiger partial charge in [0.05, 0.1) is 13.2 Å². The Bertz CT molecular complexity index is 527. The lowest BCUT2D eigenvalue weighted by Gasteiger charge is -2.16. The van der Waals surface area contributed by atoms with Gasteiger partial charge in [0.25, 0.3) is 5.91 Å². The number of rotatable bonds is 8. The van der Waals surface area contributed by atoms with Crippen LogP contribution in [0.3, 0.4) is 0 Å². The third-order valence-electron chi connectivity index (χ3n) is 2.53. The maximum Gasteiger partial charge on any atom is 0.340 e. The van der Waals surface area contributed by atoms with Crippen LogP contribution in [0.25, 0.3) is 0 Å². The molecule has 0 saturated carbocycles. The lowest BCUT2D eigenvalue weighted by molar-refractivity contribution is -0.159. The molecular formula is C15H18ClNO6. The third kappa shape index (κ3) is 6.56. The highest BCUT2D eigenvalue weighted by Gasteiger charge is 2.31. The number of carbonyl (C=O) groups excluding carboxylic acids is 3. The van der Waals surface area contributed by atoms with Crippen LogP contribution in [0.5, 0.6) is 5.75 Å². The maximum absolute atomic E-state index is 11.8. The number of carbonyl (C=O) groups is 3. The highest BCUT2D eigenvalue weighted by molar-refractivity contribution is 6.30. The van der Waals surface area contributed by atoms with E-state index in [-0.39, 0.29) is 19.8 Å². The summed E-state index contributed by atoms with van der Waals surface area (Å²) in [4.78, 5) is 35.3. The Morgan fingerprint density at radius 2 is 1.57 bits per heavy atom. The van der Waals surface area contributed by atoms with Crippen molar-refractivity contribution in [2.45, 2.75) is 19.9 Å². The van der Waals surface area contributed by atoms with E-state index in [0.717, 1.165) is 0 Å². The molecule has 1 aromatic carbocycles. The summed E-state index contributed by atoms with van der Waals surface area (Å²) in [5.74, 6) is -2.00. The van der Waals surface area contributed by atoms with Crippen LogP contribution in [0.4, 0.5) is 0 Å². The summed E-state index contributed by atoms with van der Waals surface area (Å²) in [5, 5.41) is 2.76. The van der Waals surface area contributed by atoms with Crippen molar-refractivity contribution >= 4 is 29.4 Å². The molecule has 1 aromatic rings. The highest BCUT2D eigenvalue weighted by atomic mass is 35.5. The molecule has 0 spiro atoms. The van der Waals surface area contributed by atoms with Crippen LogP contribution in [0, 0.1) is 0 Å². The van der Waals surface area contributed by atoms with Gasteiger partial charge in [-0.1, -0.05) is 11.6 Å². The number of hydrogen-bond acceptors (Lipinski definition) is 6. The van der Waals surface area contributed by atoms with Gasteiger partial charge in [0, 0.05) is 5.02 Å². The largest absolute Gasteiger partial charge is 0.484 e. The molecule has 1 N–H and O–H groups in total. The van der Waals surface area contributed by atoms with Crippen LogP contribution in [0.2, 0.25) is 5.02 Å². The zero-order valence-corrected chi connectivity index (χ0v) is 13.6. The molecule has 8 heteroatoms. The quantitative estimate of drug-likeness (QED) is 0.565. The zero-order chi connectivity index (χ0) is 17.2. The molecule has 7 nitrogen and oxygen atoms in total. The molecule has 1 rings (SSSR count). The van der Waals surface area contributed by atoms with Crippen molar-refractivity contribution in [3.05, 3.63) is 29.3 Å². The first kappa shape index (κ1) is 18.8. The van der Waals surface area contributed by atoms with Gasteiger partial charge >= 0.3 is 11.9 Å². The van der Waals surface area contributed by atoms with Gasteiger partial charge in [0.1, 0.15) is 5.75 Å². The number of amides is 1. The molecule has 0 aliphatic heterocycles. The van der Waals surface area contributed by atoms with Crippen LogP contribution >= 0.6 is 11.6 Å². The molecule has 0 fully saturated rings. The average molecular weight is 344 g/mol. The first-order valence-electron chi connectivity index (χ1n) is 6.98. The number of ether oxygens (including phenoxy) is 3. The minimum Gasteiger partial charge on any atom is -0.484 e. The van der Waals surface area contributed by atoms with E-state index in [1.54, 1.807) is 38.1 Å². The van der Waals surface area contributed by atoms with Gasteiger partial charge in [-0.25, -0.2) is 9.59 Å². The van der Waals surface area contributed by atoms with E-state index in [1.165, 1.54) is 0 Å². The second-order valence-corrected chi connectivity index (χ2v) is 4.68. The van der Waals surface area contributed by atoms with Crippen molar-refractivity contribution in [1.29, 1.82) is 0 Å². The summed E-state index contributed by atoms with van der Waals surface area (Å²) in [6.45, 7) is 2.95. The predicted octanol–water partition coefficient (Wildman–Crippen LogP) is 1.33. The Balaban J connectivity index is 2.59. The zero-order valence-electron chi connectivity index (χ0n) is 12.8. The number of benzene rings is 1. The fraction of sp³-hybridized carbons (Fsp3) is 0.400. The topological polar surface area (TPSA) is 90.9 Å². The van der Waals surface area contributed by atoms with Crippen molar-refractivity contribution in [1.82, 2.24) is 5.32 Å². The molecule has 0 saturated heterocycles. The highest BCUT2D eigenvalue weighted by Crippen LogP contribution is 2.15. The first-order valence-corrected chi connectivity index (χ1v) is 7.36. The van der Waals surface area contributed by atoms with Crippen molar-refractivity contribution in [3.8, 4) is 5.75 Å². The molecule has 1 amide bonds.